The van der Waals surface area contributed by atoms with Crippen molar-refractivity contribution in [2.45, 2.75) is 19.3 Å². The van der Waals surface area contributed by atoms with Crippen molar-refractivity contribution < 1.29 is 0 Å². The van der Waals surface area contributed by atoms with Crippen LogP contribution in [0.25, 0.3) is 88.3 Å². The Kier molecular flexibility index (Phi) is 8.68. The first-order valence-electron chi connectivity index (χ1n) is 21.2. The standard InChI is InChI=1S/C60H44/c1-40(2)60(49-22-10-5-11-23-49)56-29-17-16-24-50(56)51-35-34-45(39-57(51)60)59-54-27-14-12-25-52(54)58(53-26-13-15-28-55(53)59)44-32-30-43(31-33-44)48-37-46(41-18-6-3-7-19-41)36-47(38-48)42-20-8-4-9-21-42/h3-40H,1-2H3. The molecule has 1 aliphatic rings. The molecule has 1 aliphatic carbocycles. The molecule has 0 N–H and O–H groups in total. The fourth-order valence-corrected chi connectivity index (χ4v) is 10.4. The van der Waals surface area contributed by atoms with Gasteiger partial charge in [0.05, 0.1) is 0 Å². The van der Waals surface area contributed by atoms with Gasteiger partial charge in [0, 0.05) is 5.41 Å². The van der Waals surface area contributed by atoms with Gasteiger partial charge in [0.2, 0.25) is 0 Å². The van der Waals surface area contributed by atoms with Crippen LogP contribution in [-0.4, -0.2) is 0 Å². The highest BCUT2D eigenvalue weighted by molar-refractivity contribution is 6.21. The molecular formula is C60H44. The van der Waals surface area contributed by atoms with Crippen LogP contribution in [0.15, 0.2) is 224 Å². The number of benzene rings is 10. The highest BCUT2D eigenvalue weighted by Crippen LogP contribution is 2.57. The van der Waals surface area contributed by atoms with Crippen molar-refractivity contribution in [3.63, 3.8) is 0 Å². The van der Waals surface area contributed by atoms with Crippen LogP contribution >= 0.6 is 0 Å². The molecular weight excluding hydrogens is 721 g/mol. The van der Waals surface area contributed by atoms with Gasteiger partial charge in [0.1, 0.15) is 0 Å². The molecule has 11 rings (SSSR count). The molecule has 1 unspecified atom stereocenters. The molecule has 0 heteroatoms. The molecule has 0 radical (unpaired) electrons. The van der Waals surface area contributed by atoms with Crippen molar-refractivity contribution in [1.29, 1.82) is 0 Å². The molecule has 0 aromatic heterocycles. The molecule has 10 aromatic rings. The average Bonchev–Trinajstić information content (AvgIpc) is 3.62. The third-order valence-corrected chi connectivity index (χ3v) is 13.1. The molecule has 0 heterocycles. The smallest absolute Gasteiger partial charge is 0.0486 e. The summed E-state index contributed by atoms with van der Waals surface area (Å²) in [7, 11) is 0. The van der Waals surface area contributed by atoms with Gasteiger partial charge in [-0.3, -0.25) is 0 Å². The van der Waals surface area contributed by atoms with Gasteiger partial charge in [-0.1, -0.05) is 214 Å². The van der Waals surface area contributed by atoms with Gasteiger partial charge in [-0.25, -0.2) is 0 Å². The zero-order valence-electron chi connectivity index (χ0n) is 33.9. The fraction of sp³-hybridized carbons (Fsp3) is 0.0667. The molecule has 0 saturated carbocycles. The van der Waals surface area contributed by atoms with Crippen LogP contribution in [-0.2, 0) is 5.41 Å². The number of hydrogen-bond donors (Lipinski definition) is 0. The summed E-state index contributed by atoms with van der Waals surface area (Å²) >= 11 is 0. The largest absolute Gasteiger partial charge is 0.0622 e. The molecule has 0 amide bonds. The van der Waals surface area contributed by atoms with E-state index in [1.54, 1.807) is 0 Å². The van der Waals surface area contributed by atoms with Gasteiger partial charge in [-0.2, -0.15) is 0 Å². The molecule has 284 valence electrons. The van der Waals surface area contributed by atoms with Crippen molar-refractivity contribution in [3.8, 4) is 66.8 Å². The molecule has 60 heavy (non-hydrogen) atoms. The summed E-state index contributed by atoms with van der Waals surface area (Å²) in [5.41, 5.74) is 18.8. The minimum absolute atomic E-state index is 0.265. The van der Waals surface area contributed by atoms with Gasteiger partial charge >= 0.3 is 0 Å². The van der Waals surface area contributed by atoms with E-state index < -0.39 is 0 Å². The number of hydrogen-bond acceptors (Lipinski definition) is 0. The second kappa shape index (κ2) is 14.5. The summed E-state index contributed by atoms with van der Waals surface area (Å²) in [5, 5.41) is 5.06. The highest BCUT2D eigenvalue weighted by atomic mass is 14.5. The quantitative estimate of drug-likeness (QED) is 0.142. The molecule has 0 nitrogen and oxygen atoms in total. The van der Waals surface area contributed by atoms with Gasteiger partial charge < -0.3 is 0 Å². The van der Waals surface area contributed by atoms with Crippen molar-refractivity contribution in [3.05, 3.63) is 241 Å². The highest BCUT2D eigenvalue weighted by Gasteiger charge is 2.47. The number of rotatable bonds is 7. The number of fused-ring (bicyclic) bond motifs is 5. The molecule has 0 aliphatic heterocycles. The van der Waals surface area contributed by atoms with E-state index in [9.17, 15) is 0 Å². The summed E-state index contributed by atoms with van der Waals surface area (Å²) < 4.78 is 0. The van der Waals surface area contributed by atoms with E-state index in [4.69, 9.17) is 0 Å². The van der Waals surface area contributed by atoms with Gasteiger partial charge in [-0.15, -0.1) is 0 Å². The van der Waals surface area contributed by atoms with E-state index in [0.717, 1.165) is 0 Å². The van der Waals surface area contributed by atoms with E-state index in [-0.39, 0.29) is 5.41 Å². The Labute approximate surface area is 353 Å². The summed E-state index contributed by atoms with van der Waals surface area (Å²) in [4.78, 5) is 0. The van der Waals surface area contributed by atoms with E-state index in [2.05, 4.69) is 238 Å². The van der Waals surface area contributed by atoms with Gasteiger partial charge in [0.15, 0.2) is 0 Å². The van der Waals surface area contributed by atoms with Crippen molar-refractivity contribution in [1.82, 2.24) is 0 Å². The topological polar surface area (TPSA) is 0 Å². The lowest BCUT2D eigenvalue weighted by Gasteiger charge is -2.37. The maximum atomic E-state index is 2.53. The molecule has 1 atom stereocenters. The van der Waals surface area contributed by atoms with Crippen LogP contribution in [0.4, 0.5) is 0 Å². The lowest BCUT2D eigenvalue weighted by molar-refractivity contribution is 0.447. The van der Waals surface area contributed by atoms with E-state index in [1.165, 1.54) is 105 Å². The predicted molar refractivity (Wildman–Crippen MR) is 255 cm³/mol. The Morgan fingerprint density at radius 3 is 1.18 bits per heavy atom. The van der Waals surface area contributed by atoms with Crippen molar-refractivity contribution >= 4 is 21.5 Å². The Bertz CT molecular complexity index is 3080. The molecule has 0 fully saturated rings. The summed E-state index contributed by atoms with van der Waals surface area (Å²) in [5.74, 6) is 0.335. The summed E-state index contributed by atoms with van der Waals surface area (Å²) in [6.45, 7) is 4.78. The predicted octanol–water partition coefficient (Wildman–Crippen LogP) is 16.3. The molecule has 0 spiro atoms. The van der Waals surface area contributed by atoms with Gasteiger partial charge in [0.25, 0.3) is 0 Å². The Balaban J connectivity index is 1.08. The second-order valence-corrected chi connectivity index (χ2v) is 16.6. The van der Waals surface area contributed by atoms with Crippen LogP contribution in [0.5, 0.6) is 0 Å². The van der Waals surface area contributed by atoms with Crippen molar-refractivity contribution in [2.75, 3.05) is 0 Å². The van der Waals surface area contributed by atoms with E-state index >= 15 is 0 Å². The summed E-state index contributed by atoms with van der Waals surface area (Å²) in [6.07, 6.45) is 0. The maximum Gasteiger partial charge on any atom is 0.0486 e. The zero-order valence-corrected chi connectivity index (χ0v) is 33.9. The minimum atomic E-state index is -0.265. The van der Waals surface area contributed by atoms with Crippen LogP contribution in [0.3, 0.4) is 0 Å². The lowest BCUT2D eigenvalue weighted by atomic mass is 9.65. The van der Waals surface area contributed by atoms with E-state index in [1.807, 2.05) is 0 Å². The van der Waals surface area contributed by atoms with E-state index in [0.29, 0.717) is 5.92 Å². The Morgan fingerprint density at radius 1 is 0.283 bits per heavy atom. The van der Waals surface area contributed by atoms with Crippen LogP contribution in [0.1, 0.15) is 30.5 Å². The van der Waals surface area contributed by atoms with Gasteiger partial charge in [-0.05, 0) is 135 Å². The van der Waals surface area contributed by atoms with Crippen LogP contribution in [0.2, 0.25) is 0 Å². The molecule has 10 aromatic carbocycles. The first-order chi connectivity index (χ1) is 29.6. The molecule has 0 bridgehead atoms. The average molecular weight is 765 g/mol. The first-order valence-corrected chi connectivity index (χ1v) is 21.2. The third-order valence-electron chi connectivity index (χ3n) is 13.1. The fourth-order valence-electron chi connectivity index (χ4n) is 10.4. The lowest BCUT2D eigenvalue weighted by Crippen LogP contribution is -2.33. The summed E-state index contributed by atoms with van der Waals surface area (Å²) in [6, 6.07) is 83.2. The molecule has 0 saturated heterocycles. The monoisotopic (exact) mass is 764 g/mol. The minimum Gasteiger partial charge on any atom is -0.0622 e. The SMILES string of the molecule is CC(C)C1(c2ccccc2)c2ccccc2-c2ccc(-c3c4ccccc4c(-c4ccc(-c5cc(-c6ccccc6)cc(-c6ccccc6)c5)cc4)c4ccccc34)cc21. The Hall–Kier alpha value is -7.28. The third kappa shape index (κ3) is 5.67. The first kappa shape index (κ1) is 35.8. The van der Waals surface area contributed by atoms with Crippen molar-refractivity contribution in [2.24, 2.45) is 5.92 Å². The Morgan fingerprint density at radius 2 is 0.667 bits per heavy atom. The zero-order chi connectivity index (χ0) is 40.2. The van der Waals surface area contributed by atoms with Crippen LogP contribution < -0.4 is 0 Å². The second-order valence-electron chi connectivity index (χ2n) is 16.6. The normalized spacial score (nSPS) is 14.4. The van der Waals surface area contributed by atoms with Crippen LogP contribution in [0, 0.1) is 5.92 Å². The maximum absolute atomic E-state index is 2.53.